The van der Waals surface area contributed by atoms with Crippen LogP contribution in [-0.4, -0.2) is 0 Å². The molecule has 0 spiro atoms. The molecule has 0 heterocycles. The van der Waals surface area contributed by atoms with Crippen LogP contribution in [-0.2, 0) is 12.8 Å². The summed E-state index contributed by atoms with van der Waals surface area (Å²) in [6.07, 6.45) is 7.41. The molecule has 0 saturated carbocycles. The van der Waals surface area contributed by atoms with E-state index in [9.17, 15) is 0 Å². The summed E-state index contributed by atoms with van der Waals surface area (Å²) in [6.45, 7) is 4.49. The van der Waals surface area contributed by atoms with Gasteiger partial charge in [0.05, 0.1) is 0 Å². The minimum absolute atomic E-state index is 1.18. The molecule has 0 amide bonds. The Morgan fingerprint density at radius 1 is 0.423 bits per heavy atom. The lowest BCUT2D eigenvalue weighted by Crippen LogP contribution is -1.86. The molecule has 26 heavy (non-hydrogen) atoms. The van der Waals surface area contributed by atoms with Crippen LogP contribution in [0.3, 0.4) is 0 Å². The maximum absolute atomic E-state index is 2.27. The molecule has 0 fully saturated rings. The van der Waals surface area contributed by atoms with Crippen LogP contribution in [0.15, 0.2) is 72.8 Å². The Bertz CT molecular complexity index is 706. The first kappa shape index (κ1) is 18.5. The number of unbranched alkanes of at least 4 members (excludes halogenated alkanes) is 2. The SMILES string of the molecule is CCCCc1ccc(-c2ccc(-c3ccc(CCCC)cc3)cc2)cc1. The van der Waals surface area contributed by atoms with Crippen molar-refractivity contribution in [3.05, 3.63) is 83.9 Å². The number of rotatable bonds is 8. The zero-order chi connectivity index (χ0) is 18.2. The Kier molecular flexibility index (Phi) is 6.66. The lowest BCUT2D eigenvalue weighted by Gasteiger charge is -2.07. The maximum Gasteiger partial charge on any atom is -0.0184 e. The second-order valence-corrected chi connectivity index (χ2v) is 7.18. The summed E-state index contributed by atoms with van der Waals surface area (Å²) in [4.78, 5) is 0. The Morgan fingerprint density at radius 3 is 0.962 bits per heavy atom. The Labute approximate surface area is 158 Å². The minimum atomic E-state index is 1.18. The predicted octanol–water partition coefficient (Wildman–Crippen LogP) is 7.71. The lowest BCUT2D eigenvalue weighted by molar-refractivity contribution is 0.795. The van der Waals surface area contributed by atoms with E-state index in [1.54, 1.807) is 0 Å². The van der Waals surface area contributed by atoms with Crippen molar-refractivity contribution in [2.45, 2.75) is 52.4 Å². The van der Waals surface area contributed by atoms with Crippen LogP contribution in [0.2, 0.25) is 0 Å². The third kappa shape index (κ3) is 4.85. The van der Waals surface area contributed by atoms with Gasteiger partial charge in [-0.25, -0.2) is 0 Å². The summed E-state index contributed by atoms with van der Waals surface area (Å²) in [6, 6.07) is 27.0. The third-order valence-corrected chi connectivity index (χ3v) is 5.10. The average molecular weight is 343 g/mol. The monoisotopic (exact) mass is 342 g/mol. The van der Waals surface area contributed by atoms with Gasteiger partial charge in [-0.1, -0.05) is 99.5 Å². The highest BCUT2D eigenvalue weighted by Crippen LogP contribution is 2.26. The lowest BCUT2D eigenvalue weighted by atomic mass is 9.98. The van der Waals surface area contributed by atoms with Gasteiger partial charge in [0, 0.05) is 0 Å². The fourth-order valence-electron chi connectivity index (χ4n) is 3.34. The van der Waals surface area contributed by atoms with Gasteiger partial charge in [-0.3, -0.25) is 0 Å². The van der Waals surface area contributed by atoms with E-state index in [1.165, 1.54) is 71.9 Å². The molecule has 0 bridgehead atoms. The maximum atomic E-state index is 2.27. The van der Waals surface area contributed by atoms with Crippen molar-refractivity contribution >= 4 is 0 Å². The molecular weight excluding hydrogens is 312 g/mol. The van der Waals surface area contributed by atoms with Gasteiger partial charge in [-0.2, -0.15) is 0 Å². The van der Waals surface area contributed by atoms with Crippen molar-refractivity contribution in [3.8, 4) is 22.3 Å². The van der Waals surface area contributed by atoms with Crippen molar-refractivity contribution in [1.82, 2.24) is 0 Å². The molecule has 134 valence electrons. The molecule has 0 unspecified atom stereocenters. The molecule has 3 aromatic carbocycles. The first-order valence-electron chi connectivity index (χ1n) is 10.1. The van der Waals surface area contributed by atoms with Crippen molar-refractivity contribution < 1.29 is 0 Å². The van der Waals surface area contributed by atoms with Gasteiger partial charge in [-0.15, -0.1) is 0 Å². The van der Waals surface area contributed by atoms with Crippen molar-refractivity contribution in [2.24, 2.45) is 0 Å². The molecule has 0 radical (unpaired) electrons. The normalized spacial score (nSPS) is 10.8. The Hall–Kier alpha value is -2.34. The minimum Gasteiger partial charge on any atom is -0.0654 e. The summed E-state index contributed by atoms with van der Waals surface area (Å²) in [5, 5.41) is 0. The zero-order valence-electron chi connectivity index (χ0n) is 16.2. The number of aryl methyl sites for hydroxylation is 2. The first-order valence-corrected chi connectivity index (χ1v) is 10.1. The van der Waals surface area contributed by atoms with Gasteiger partial charge in [-0.05, 0) is 59.1 Å². The molecule has 0 aliphatic rings. The molecule has 0 saturated heterocycles. The van der Waals surface area contributed by atoms with Crippen LogP contribution < -0.4 is 0 Å². The second-order valence-electron chi connectivity index (χ2n) is 7.18. The summed E-state index contributed by atoms with van der Waals surface area (Å²) >= 11 is 0. The van der Waals surface area contributed by atoms with Gasteiger partial charge in [0.1, 0.15) is 0 Å². The van der Waals surface area contributed by atoms with Crippen LogP contribution in [0.4, 0.5) is 0 Å². The molecule has 3 rings (SSSR count). The van der Waals surface area contributed by atoms with Crippen LogP contribution in [0.5, 0.6) is 0 Å². The molecule has 0 aromatic heterocycles. The van der Waals surface area contributed by atoms with Crippen LogP contribution in [0.1, 0.15) is 50.7 Å². The molecule has 3 aromatic rings. The van der Waals surface area contributed by atoms with Crippen LogP contribution in [0.25, 0.3) is 22.3 Å². The van der Waals surface area contributed by atoms with Crippen LogP contribution in [0, 0.1) is 0 Å². The average Bonchev–Trinajstić information content (AvgIpc) is 2.72. The molecular formula is C26H30. The van der Waals surface area contributed by atoms with Gasteiger partial charge in [0.25, 0.3) is 0 Å². The van der Waals surface area contributed by atoms with E-state index in [2.05, 4.69) is 86.6 Å². The molecule has 0 N–H and O–H groups in total. The van der Waals surface area contributed by atoms with Gasteiger partial charge in [0.15, 0.2) is 0 Å². The standard InChI is InChI=1S/C26H30/c1-3-5-7-21-9-13-23(14-10-21)25-17-19-26(20-18-25)24-15-11-22(12-16-24)8-6-4-2/h9-20H,3-8H2,1-2H3. The first-order chi connectivity index (χ1) is 12.8. The van der Waals surface area contributed by atoms with Crippen molar-refractivity contribution in [3.63, 3.8) is 0 Å². The largest absolute Gasteiger partial charge is 0.0654 e. The van der Waals surface area contributed by atoms with Crippen molar-refractivity contribution in [1.29, 1.82) is 0 Å². The highest BCUT2D eigenvalue weighted by molar-refractivity contribution is 5.70. The molecule has 0 aliphatic heterocycles. The number of hydrogen-bond acceptors (Lipinski definition) is 0. The Balaban J connectivity index is 1.69. The van der Waals surface area contributed by atoms with E-state index in [-0.39, 0.29) is 0 Å². The highest BCUT2D eigenvalue weighted by Gasteiger charge is 2.02. The molecule has 0 aliphatic carbocycles. The molecule has 0 nitrogen and oxygen atoms in total. The molecule has 0 atom stereocenters. The highest BCUT2D eigenvalue weighted by atomic mass is 14.1. The predicted molar refractivity (Wildman–Crippen MR) is 115 cm³/mol. The Morgan fingerprint density at radius 2 is 0.692 bits per heavy atom. The summed E-state index contributed by atoms with van der Waals surface area (Å²) in [5.41, 5.74) is 8.05. The van der Waals surface area contributed by atoms with Crippen molar-refractivity contribution in [2.75, 3.05) is 0 Å². The van der Waals surface area contributed by atoms with E-state index in [4.69, 9.17) is 0 Å². The van der Waals surface area contributed by atoms with E-state index in [0.717, 1.165) is 0 Å². The topological polar surface area (TPSA) is 0 Å². The molecule has 0 heteroatoms. The van der Waals surface area contributed by atoms with E-state index < -0.39 is 0 Å². The van der Waals surface area contributed by atoms with E-state index in [0.29, 0.717) is 0 Å². The van der Waals surface area contributed by atoms with Gasteiger partial charge < -0.3 is 0 Å². The number of benzene rings is 3. The van der Waals surface area contributed by atoms with E-state index >= 15 is 0 Å². The zero-order valence-corrected chi connectivity index (χ0v) is 16.2. The summed E-state index contributed by atoms with van der Waals surface area (Å²) in [7, 11) is 0. The van der Waals surface area contributed by atoms with E-state index in [1.807, 2.05) is 0 Å². The summed E-state index contributed by atoms with van der Waals surface area (Å²) in [5.74, 6) is 0. The fraction of sp³-hybridized carbons (Fsp3) is 0.308. The second kappa shape index (κ2) is 9.38. The summed E-state index contributed by atoms with van der Waals surface area (Å²) < 4.78 is 0. The fourth-order valence-corrected chi connectivity index (χ4v) is 3.34. The van der Waals surface area contributed by atoms with Gasteiger partial charge >= 0.3 is 0 Å². The third-order valence-electron chi connectivity index (χ3n) is 5.10. The van der Waals surface area contributed by atoms with Gasteiger partial charge in [0.2, 0.25) is 0 Å². The smallest absolute Gasteiger partial charge is 0.0184 e. The van der Waals surface area contributed by atoms with Crippen LogP contribution >= 0.6 is 0 Å². The quantitative estimate of drug-likeness (QED) is 0.393. The number of hydrogen-bond donors (Lipinski definition) is 0.